The van der Waals surface area contributed by atoms with Crippen LogP contribution in [0.2, 0.25) is 0 Å². The second-order valence-corrected chi connectivity index (χ2v) is 6.49. The molecule has 5 heteroatoms. The molecule has 4 nitrogen and oxygen atoms in total. The van der Waals surface area contributed by atoms with Gasteiger partial charge in [-0.15, -0.1) is 0 Å². The molecule has 1 unspecified atom stereocenters. The molecule has 0 amide bonds. The first-order valence-corrected chi connectivity index (χ1v) is 8.41. The highest BCUT2D eigenvalue weighted by molar-refractivity contribution is 7.99. The van der Waals surface area contributed by atoms with Crippen molar-refractivity contribution >= 4 is 17.7 Å². The summed E-state index contributed by atoms with van der Waals surface area (Å²) in [6.45, 7) is 4.49. The van der Waals surface area contributed by atoms with Crippen LogP contribution in [0.5, 0.6) is 0 Å². The minimum absolute atomic E-state index is 0.120. The number of aliphatic hydroxyl groups is 1. The predicted octanol–water partition coefficient (Wildman–Crippen LogP) is 1.96. The monoisotopic (exact) mass is 289 g/mol. The normalized spacial score (nSPS) is 18.1. The quantitative estimate of drug-likeness (QED) is 0.450. The Morgan fingerprint density at radius 1 is 1.42 bits per heavy atom. The number of hydrogen-bond donors (Lipinski definition) is 2. The number of nitrogens with one attached hydrogen (secondary N) is 1. The molecule has 0 heterocycles. The lowest BCUT2D eigenvalue weighted by molar-refractivity contribution is -0.151. The van der Waals surface area contributed by atoms with Crippen LogP contribution < -0.4 is 5.32 Å². The molecule has 0 aliphatic heterocycles. The lowest BCUT2D eigenvalue weighted by Gasteiger charge is -2.28. The highest BCUT2D eigenvalue weighted by Gasteiger charge is 2.38. The van der Waals surface area contributed by atoms with E-state index in [-0.39, 0.29) is 12.6 Å². The summed E-state index contributed by atoms with van der Waals surface area (Å²) >= 11 is 1.76. The Hall–Kier alpha value is -0.260. The van der Waals surface area contributed by atoms with Crippen LogP contribution in [0.15, 0.2) is 0 Å². The first-order chi connectivity index (χ1) is 9.12. The van der Waals surface area contributed by atoms with Gasteiger partial charge in [0.05, 0.1) is 13.2 Å². The van der Waals surface area contributed by atoms with Crippen LogP contribution >= 0.6 is 11.8 Å². The van der Waals surface area contributed by atoms with Gasteiger partial charge in [0.1, 0.15) is 5.54 Å². The fourth-order valence-electron chi connectivity index (χ4n) is 2.05. The third-order valence-electron chi connectivity index (χ3n) is 3.28. The molecule has 0 saturated heterocycles. The van der Waals surface area contributed by atoms with Gasteiger partial charge in [-0.3, -0.25) is 10.1 Å². The van der Waals surface area contributed by atoms with Gasteiger partial charge in [-0.1, -0.05) is 6.42 Å². The van der Waals surface area contributed by atoms with Gasteiger partial charge in [-0.2, -0.15) is 11.8 Å². The van der Waals surface area contributed by atoms with E-state index in [1.807, 2.05) is 13.8 Å². The zero-order valence-electron chi connectivity index (χ0n) is 12.1. The maximum absolute atomic E-state index is 12.1. The highest BCUT2D eigenvalue weighted by Crippen LogP contribution is 2.26. The van der Waals surface area contributed by atoms with Gasteiger partial charge >= 0.3 is 5.97 Å². The molecule has 0 aromatic heterocycles. The molecule has 0 aromatic carbocycles. The molecule has 112 valence electrons. The van der Waals surface area contributed by atoms with Gasteiger partial charge < -0.3 is 9.84 Å². The van der Waals surface area contributed by atoms with Crippen molar-refractivity contribution in [1.82, 2.24) is 5.32 Å². The third kappa shape index (κ3) is 6.63. The molecule has 1 aliphatic carbocycles. The number of hydrogen-bond acceptors (Lipinski definition) is 5. The van der Waals surface area contributed by atoms with Gasteiger partial charge in [0.25, 0.3) is 0 Å². The highest BCUT2D eigenvalue weighted by atomic mass is 32.2. The number of carbonyl (C=O) groups is 1. The van der Waals surface area contributed by atoms with Gasteiger partial charge in [-0.25, -0.2) is 0 Å². The molecule has 1 fully saturated rings. The molecule has 0 bridgehead atoms. The van der Waals surface area contributed by atoms with Gasteiger partial charge in [-0.05, 0) is 45.3 Å². The molecule has 1 saturated carbocycles. The van der Waals surface area contributed by atoms with Crippen molar-refractivity contribution in [3.63, 3.8) is 0 Å². The van der Waals surface area contributed by atoms with Crippen LogP contribution in [0.25, 0.3) is 0 Å². The van der Waals surface area contributed by atoms with Crippen molar-refractivity contribution in [2.24, 2.45) is 0 Å². The zero-order valence-corrected chi connectivity index (χ0v) is 12.9. The summed E-state index contributed by atoms with van der Waals surface area (Å²) in [6, 6.07) is 0.498. The maximum atomic E-state index is 12.1. The summed E-state index contributed by atoms with van der Waals surface area (Å²) in [5, 5.41) is 12.1. The van der Waals surface area contributed by atoms with Crippen molar-refractivity contribution in [3.8, 4) is 0 Å². The van der Waals surface area contributed by atoms with Crippen LogP contribution in [0, 0.1) is 0 Å². The predicted molar refractivity (Wildman–Crippen MR) is 79.5 cm³/mol. The number of rotatable bonds is 11. The van der Waals surface area contributed by atoms with E-state index in [1.54, 1.807) is 11.8 Å². The molecule has 1 atom stereocenters. The Kier molecular flexibility index (Phi) is 7.80. The Balaban J connectivity index is 2.29. The summed E-state index contributed by atoms with van der Waals surface area (Å²) < 4.78 is 5.19. The molecule has 1 aliphatic rings. The van der Waals surface area contributed by atoms with Gasteiger partial charge in [0.15, 0.2) is 0 Å². The van der Waals surface area contributed by atoms with Crippen LogP contribution in [0.3, 0.4) is 0 Å². The average molecular weight is 289 g/mol. The van der Waals surface area contributed by atoms with E-state index in [2.05, 4.69) is 5.32 Å². The fraction of sp³-hybridized carbons (Fsp3) is 0.929. The standard InChI is InChI=1S/C14H27NO3S/c1-3-18-13(17)14(2,15-12-6-7-12)8-4-5-10-19-11-9-16/h12,15-16H,3-11H2,1-2H3. The average Bonchev–Trinajstić information content (AvgIpc) is 3.17. The molecular formula is C14H27NO3S. The second-order valence-electron chi connectivity index (χ2n) is 5.26. The minimum atomic E-state index is -0.529. The van der Waals surface area contributed by atoms with Gasteiger partial charge in [0, 0.05) is 11.8 Å². The van der Waals surface area contributed by atoms with E-state index in [4.69, 9.17) is 9.84 Å². The Morgan fingerprint density at radius 3 is 2.74 bits per heavy atom. The Labute approximate surface area is 120 Å². The van der Waals surface area contributed by atoms with Crippen LogP contribution in [0.1, 0.15) is 46.0 Å². The SMILES string of the molecule is CCOC(=O)C(C)(CCCCSCCO)NC1CC1. The first-order valence-electron chi connectivity index (χ1n) is 7.26. The van der Waals surface area contributed by atoms with E-state index < -0.39 is 5.54 Å². The van der Waals surface area contributed by atoms with E-state index in [0.29, 0.717) is 12.6 Å². The smallest absolute Gasteiger partial charge is 0.326 e. The topological polar surface area (TPSA) is 58.6 Å². The lowest BCUT2D eigenvalue weighted by Crippen LogP contribution is -2.51. The molecule has 0 radical (unpaired) electrons. The minimum Gasteiger partial charge on any atom is -0.465 e. The van der Waals surface area contributed by atoms with Crippen molar-refractivity contribution in [1.29, 1.82) is 0 Å². The summed E-state index contributed by atoms with van der Waals surface area (Å²) in [6.07, 6.45) is 5.24. The van der Waals surface area contributed by atoms with Crippen LogP contribution in [-0.4, -0.2) is 47.4 Å². The number of ether oxygens (including phenoxy) is 1. The Morgan fingerprint density at radius 2 is 2.16 bits per heavy atom. The number of esters is 1. The van der Waals surface area contributed by atoms with Crippen LogP contribution in [0.4, 0.5) is 0 Å². The van der Waals surface area contributed by atoms with Crippen molar-refractivity contribution in [3.05, 3.63) is 0 Å². The zero-order chi connectivity index (χ0) is 14.1. The van der Waals surface area contributed by atoms with Crippen LogP contribution in [-0.2, 0) is 9.53 Å². The number of thioether (sulfide) groups is 1. The molecule has 2 N–H and O–H groups in total. The van der Waals surface area contributed by atoms with E-state index in [0.717, 1.165) is 30.8 Å². The number of carbonyl (C=O) groups excluding carboxylic acids is 1. The second kappa shape index (κ2) is 8.82. The molecule has 19 heavy (non-hydrogen) atoms. The summed E-state index contributed by atoms with van der Waals surface area (Å²) in [7, 11) is 0. The Bertz CT molecular complexity index is 271. The largest absolute Gasteiger partial charge is 0.465 e. The lowest BCUT2D eigenvalue weighted by atomic mass is 9.94. The molecule has 1 rings (SSSR count). The number of unbranched alkanes of at least 4 members (excludes halogenated alkanes) is 1. The maximum Gasteiger partial charge on any atom is 0.326 e. The third-order valence-corrected chi connectivity index (χ3v) is 4.33. The van der Waals surface area contributed by atoms with E-state index in [9.17, 15) is 4.79 Å². The van der Waals surface area contributed by atoms with E-state index in [1.165, 1.54) is 12.8 Å². The van der Waals surface area contributed by atoms with Gasteiger partial charge in [0.2, 0.25) is 0 Å². The van der Waals surface area contributed by atoms with Crippen molar-refractivity contribution < 1.29 is 14.6 Å². The van der Waals surface area contributed by atoms with Crippen molar-refractivity contribution in [2.75, 3.05) is 24.7 Å². The first kappa shape index (κ1) is 16.8. The fourth-order valence-corrected chi connectivity index (χ4v) is 2.79. The van der Waals surface area contributed by atoms with Crippen molar-refractivity contribution in [2.45, 2.75) is 57.5 Å². The summed E-state index contributed by atoms with van der Waals surface area (Å²) in [5.74, 6) is 1.73. The number of aliphatic hydroxyl groups excluding tert-OH is 1. The van der Waals surface area contributed by atoms with E-state index >= 15 is 0 Å². The summed E-state index contributed by atoms with van der Waals surface area (Å²) in [5.41, 5.74) is -0.529. The summed E-state index contributed by atoms with van der Waals surface area (Å²) in [4.78, 5) is 12.1. The molecule has 0 aromatic rings. The molecule has 0 spiro atoms. The molecular weight excluding hydrogens is 262 g/mol.